The number of nitro groups is 1. The number of benzene rings is 2. The summed E-state index contributed by atoms with van der Waals surface area (Å²) >= 11 is 8.97. The van der Waals surface area contributed by atoms with Gasteiger partial charge in [-0.2, -0.15) is 0 Å². The molecule has 0 saturated heterocycles. The predicted molar refractivity (Wildman–Crippen MR) is 76.5 cm³/mol. The summed E-state index contributed by atoms with van der Waals surface area (Å²) in [6.45, 7) is 0.0951. The molecule has 4 nitrogen and oxygen atoms in total. The summed E-state index contributed by atoms with van der Waals surface area (Å²) in [7, 11) is 0. The van der Waals surface area contributed by atoms with Gasteiger partial charge in [-0.15, -0.1) is 0 Å². The fourth-order valence-electron chi connectivity index (χ4n) is 1.49. The van der Waals surface area contributed by atoms with Gasteiger partial charge in [-0.1, -0.05) is 11.6 Å². The number of halogens is 3. The third-order valence-corrected chi connectivity index (χ3v) is 3.53. The fraction of sp³-hybridized carbons (Fsp3) is 0.0769. The molecule has 0 aromatic heterocycles. The molecule has 0 atom stereocenters. The Morgan fingerprint density at radius 2 is 2.05 bits per heavy atom. The van der Waals surface area contributed by atoms with E-state index in [2.05, 4.69) is 15.9 Å². The molecule has 0 N–H and O–H groups in total. The first-order valence-corrected chi connectivity index (χ1v) is 6.65. The molecular weight excluding hydrogens is 353 g/mol. The van der Waals surface area contributed by atoms with Crippen molar-refractivity contribution in [2.75, 3.05) is 0 Å². The minimum atomic E-state index is -0.527. The normalized spacial score (nSPS) is 10.3. The van der Waals surface area contributed by atoms with Gasteiger partial charge in [0.15, 0.2) is 0 Å². The second-order valence-corrected chi connectivity index (χ2v) is 5.16. The third kappa shape index (κ3) is 3.46. The SMILES string of the molecule is O=[N+]([O-])c1ccc(COc2ccc(Br)c(F)c2)c(Cl)c1. The molecule has 0 aliphatic carbocycles. The van der Waals surface area contributed by atoms with Crippen molar-refractivity contribution in [2.24, 2.45) is 0 Å². The maximum absolute atomic E-state index is 13.3. The maximum Gasteiger partial charge on any atom is 0.270 e. The lowest BCUT2D eigenvalue weighted by Gasteiger charge is -2.08. The minimum absolute atomic E-state index is 0.0894. The quantitative estimate of drug-likeness (QED) is 0.585. The smallest absolute Gasteiger partial charge is 0.270 e. The monoisotopic (exact) mass is 359 g/mol. The zero-order valence-corrected chi connectivity index (χ0v) is 12.3. The summed E-state index contributed by atoms with van der Waals surface area (Å²) in [6.07, 6.45) is 0. The Morgan fingerprint density at radius 1 is 1.30 bits per heavy atom. The molecule has 0 spiro atoms. The van der Waals surface area contributed by atoms with Gasteiger partial charge in [0, 0.05) is 23.8 Å². The van der Waals surface area contributed by atoms with E-state index in [-0.39, 0.29) is 17.3 Å². The van der Waals surface area contributed by atoms with E-state index in [1.165, 1.54) is 30.3 Å². The molecule has 0 amide bonds. The van der Waals surface area contributed by atoms with Gasteiger partial charge in [0.25, 0.3) is 5.69 Å². The van der Waals surface area contributed by atoms with E-state index in [1.54, 1.807) is 6.07 Å². The van der Waals surface area contributed by atoms with Crippen molar-refractivity contribution in [2.45, 2.75) is 6.61 Å². The van der Waals surface area contributed by atoms with Crippen LogP contribution in [-0.2, 0) is 6.61 Å². The van der Waals surface area contributed by atoms with Crippen molar-refractivity contribution in [1.82, 2.24) is 0 Å². The molecule has 0 radical (unpaired) electrons. The van der Waals surface area contributed by atoms with Crippen LogP contribution in [0.4, 0.5) is 10.1 Å². The van der Waals surface area contributed by atoms with Crippen molar-refractivity contribution < 1.29 is 14.1 Å². The van der Waals surface area contributed by atoms with Crippen LogP contribution in [0.15, 0.2) is 40.9 Å². The number of non-ortho nitro benzene ring substituents is 1. The highest BCUT2D eigenvalue weighted by Crippen LogP contribution is 2.25. The van der Waals surface area contributed by atoms with Crippen molar-refractivity contribution in [3.8, 4) is 5.75 Å². The van der Waals surface area contributed by atoms with E-state index in [9.17, 15) is 14.5 Å². The van der Waals surface area contributed by atoms with Crippen LogP contribution in [0, 0.1) is 15.9 Å². The zero-order chi connectivity index (χ0) is 14.7. The summed E-state index contributed by atoms with van der Waals surface area (Å²) in [4.78, 5) is 10.1. The van der Waals surface area contributed by atoms with Crippen molar-refractivity contribution in [3.05, 3.63) is 67.4 Å². The van der Waals surface area contributed by atoms with Crippen LogP contribution in [0.1, 0.15) is 5.56 Å². The Bertz CT molecular complexity index is 666. The van der Waals surface area contributed by atoms with Gasteiger partial charge in [-0.05, 0) is 34.1 Å². The van der Waals surface area contributed by atoms with Crippen molar-refractivity contribution in [3.63, 3.8) is 0 Å². The third-order valence-electron chi connectivity index (χ3n) is 2.53. The van der Waals surface area contributed by atoms with Crippen LogP contribution in [0.5, 0.6) is 5.75 Å². The molecule has 0 saturated carbocycles. The lowest BCUT2D eigenvalue weighted by molar-refractivity contribution is -0.384. The highest BCUT2D eigenvalue weighted by Gasteiger charge is 2.10. The predicted octanol–water partition coefficient (Wildman–Crippen LogP) is 4.73. The topological polar surface area (TPSA) is 52.4 Å². The molecule has 0 aliphatic heterocycles. The Hall–Kier alpha value is -1.66. The van der Waals surface area contributed by atoms with Gasteiger partial charge < -0.3 is 4.74 Å². The second-order valence-electron chi connectivity index (χ2n) is 3.90. The van der Waals surface area contributed by atoms with E-state index >= 15 is 0 Å². The fourth-order valence-corrected chi connectivity index (χ4v) is 1.97. The molecule has 0 bridgehead atoms. The van der Waals surface area contributed by atoms with Crippen LogP contribution < -0.4 is 4.74 Å². The molecular formula is C13H8BrClFNO3. The van der Waals surface area contributed by atoms with Crippen molar-refractivity contribution >= 4 is 33.2 Å². The second kappa shape index (κ2) is 6.19. The minimum Gasteiger partial charge on any atom is -0.489 e. The Kier molecular flexibility index (Phi) is 4.57. The van der Waals surface area contributed by atoms with Crippen LogP contribution in [0.2, 0.25) is 5.02 Å². The van der Waals surface area contributed by atoms with Crippen LogP contribution >= 0.6 is 27.5 Å². The Morgan fingerprint density at radius 3 is 2.65 bits per heavy atom. The number of rotatable bonds is 4. The summed E-state index contributed by atoms with van der Waals surface area (Å²) in [5.41, 5.74) is 0.494. The zero-order valence-electron chi connectivity index (χ0n) is 9.98. The average Bonchev–Trinajstić information content (AvgIpc) is 2.41. The first-order valence-electron chi connectivity index (χ1n) is 5.48. The van der Waals surface area contributed by atoms with Crippen molar-refractivity contribution in [1.29, 1.82) is 0 Å². The molecule has 2 rings (SSSR count). The molecule has 2 aromatic carbocycles. The molecule has 0 aliphatic rings. The van der Waals surface area contributed by atoms with E-state index in [4.69, 9.17) is 16.3 Å². The van der Waals surface area contributed by atoms with E-state index < -0.39 is 10.7 Å². The summed E-state index contributed by atoms with van der Waals surface area (Å²) < 4.78 is 19.0. The summed E-state index contributed by atoms with van der Waals surface area (Å²) in [5.74, 6) is -0.0857. The largest absolute Gasteiger partial charge is 0.489 e. The molecule has 7 heteroatoms. The Balaban J connectivity index is 2.10. The summed E-state index contributed by atoms with van der Waals surface area (Å²) in [6, 6.07) is 8.47. The number of hydrogen-bond donors (Lipinski definition) is 0. The highest BCUT2D eigenvalue weighted by molar-refractivity contribution is 9.10. The molecule has 20 heavy (non-hydrogen) atoms. The van der Waals surface area contributed by atoms with Gasteiger partial charge in [-0.3, -0.25) is 10.1 Å². The lowest BCUT2D eigenvalue weighted by atomic mass is 10.2. The highest BCUT2D eigenvalue weighted by atomic mass is 79.9. The first-order chi connectivity index (χ1) is 9.47. The number of ether oxygens (including phenoxy) is 1. The van der Waals surface area contributed by atoms with Gasteiger partial charge in [0.2, 0.25) is 0 Å². The van der Waals surface area contributed by atoms with Crippen LogP contribution in [0.25, 0.3) is 0 Å². The summed E-state index contributed by atoms with van der Waals surface area (Å²) in [5, 5.41) is 10.8. The lowest BCUT2D eigenvalue weighted by Crippen LogP contribution is -1.98. The van der Waals surface area contributed by atoms with Gasteiger partial charge in [-0.25, -0.2) is 4.39 Å². The van der Waals surface area contributed by atoms with Crippen LogP contribution in [-0.4, -0.2) is 4.92 Å². The standard InChI is InChI=1S/C13H8BrClFNO3/c14-11-4-3-10(6-13(11)16)20-7-8-1-2-9(17(18)19)5-12(8)15/h1-6H,7H2. The number of hydrogen-bond acceptors (Lipinski definition) is 3. The van der Waals surface area contributed by atoms with Gasteiger partial charge in [0.05, 0.1) is 14.4 Å². The maximum atomic E-state index is 13.3. The first kappa shape index (κ1) is 14.7. The van der Waals surface area contributed by atoms with Gasteiger partial charge in [0.1, 0.15) is 18.2 Å². The molecule has 0 fully saturated rings. The van der Waals surface area contributed by atoms with Crippen LogP contribution in [0.3, 0.4) is 0 Å². The molecule has 0 unspecified atom stereocenters. The molecule has 104 valence electrons. The molecule has 0 heterocycles. The number of nitro benzene ring substituents is 1. The van der Waals surface area contributed by atoms with E-state index in [1.807, 2.05) is 0 Å². The number of nitrogens with zero attached hydrogens (tertiary/aromatic N) is 1. The van der Waals surface area contributed by atoms with E-state index in [0.717, 1.165) is 0 Å². The Labute approximate surface area is 127 Å². The average molecular weight is 361 g/mol. The van der Waals surface area contributed by atoms with Gasteiger partial charge >= 0.3 is 0 Å². The molecule has 2 aromatic rings. The van der Waals surface area contributed by atoms with E-state index in [0.29, 0.717) is 15.8 Å².